The van der Waals surface area contributed by atoms with Crippen LogP contribution in [0.25, 0.3) is 0 Å². The maximum atomic E-state index is 5.15. The van der Waals surface area contributed by atoms with Crippen molar-refractivity contribution in [1.29, 1.82) is 0 Å². The smallest absolute Gasteiger partial charge is 0.118 e. The number of anilines is 2. The third-order valence-corrected chi connectivity index (χ3v) is 3.02. The molecule has 2 aromatic rings. The van der Waals surface area contributed by atoms with Crippen molar-refractivity contribution in [2.24, 2.45) is 0 Å². The van der Waals surface area contributed by atoms with Gasteiger partial charge in [-0.1, -0.05) is 18.2 Å². The normalized spacial score (nSPS) is 10.1. The molecule has 1 N–H and O–H groups in total. The average molecular weight is 256 g/mol. The summed E-state index contributed by atoms with van der Waals surface area (Å²) in [7, 11) is 5.77. The molecule has 0 heterocycles. The molecule has 0 atom stereocenters. The van der Waals surface area contributed by atoms with Crippen LogP contribution < -0.4 is 15.0 Å². The van der Waals surface area contributed by atoms with E-state index < -0.39 is 0 Å². The zero-order chi connectivity index (χ0) is 13.7. The topological polar surface area (TPSA) is 24.5 Å². The highest BCUT2D eigenvalue weighted by Gasteiger charge is 1.98. The van der Waals surface area contributed by atoms with Crippen LogP contribution in [0.2, 0.25) is 0 Å². The number of rotatable bonds is 5. The van der Waals surface area contributed by atoms with Gasteiger partial charge in [0.1, 0.15) is 5.75 Å². The Bertz CT molecular complexity index is 521. The molecule has 0 amide bonds. The van der Waals surface area contributed by atoms with Crippen LogP contribution in [0.3, 0.4) is 0 Å². The van der Waals surface area contributed by atoms with E-state index >= 15 is 0 Å². The minimum Gasteiger partial charge on any atom is -0.497 e. The van der Waals surface area contributed by atoms with Crippen LogP contribution in [0.15, 0.2) is 48.5 Å². The van der Waals surface area contributed by atoms with E-state index in [4.69, 9.17) is 4.74 Å². The minimum atomic E-state index is 0.806. The third-order valence-electron chi connectivity index (χ3n) is 3.02. The van der Waals surface area contributed by atoms with Crippen LogP contribution in [0.1, 0.15) is 5.56 Å². The average Bonchev–Trinajstić information content (AvgIpc) is 2.46. The fourth-order valence-electron chi connectivity index (χ4n) is 1.84. The third kappa shape index (κ3) is 3.65. The number of hydrogen-bond acceptors (Lipinski definition) is 3. The Morgan fingerprint density at radius 1 is 1.05 bits per heavy atom. The predicted molar refractivity (Wildman–Crippen MR) is 81.1 cm³/mol. The first kappa shape index (κ1) is 13.3. The summed E-state index contributed by atoms with van der Waals surface area (Å²) in [6, 6.07) is 16.5. The number of ether oxygens (including phenoxy) is 1. The Labute approximate surface area is 114 Å². The molecule has 19 heavy (non-hydrogen) atoms. The second-order valence-corrected chi connectivity index (χ2v) is 4.65. The summed E-state index contributed by atoms with van der Waals surface area (Å²) in [5, 5.41) is 3.43. The van der Waals surface area contributed by atoms with E-state index in [1.54, 1.807) is 7.11 Å². The summed E-state index contributed by atoms with van der Waals surface area (Å²) in [6.07, 6.45) is 0. The summed E-state index contributed by atoms with van der Waals surface area (Å²) < 4.78 is 5.15. The highest BCUT2D eigenvalue weighted by molar-refractivity contribution is 5.57. The Morgan fingerprint density at radius 2 is 1.79 bits per heavy atom. The summed E-state index contributed by atoms with van der Waals surface area (Å²) in [5.74, 6) is 0.887. The van der Waals surface area contributed by atoms with Gasteiger partial charge in [-0.2, -0.15) is 0 Å². The second-order valence-electron chi connectivity index (χ2n) is 4.65. The molecule has 0 fully saturated rings. The van der Waals surface area contributed by atoms with E-state index in [1.807, 2.05) is 26.2 Å². The highest BCUT2D eigenvalue weighted by Crippen LogP contribution is 2.18. The van der Waals surface area contributed by atoms with Gasteiger partial charge in [0, 0.05) is 32.0 Å². The van der Waals surface area contributed by atoms with E-state index in [-0.39, 0.29) is 0 Å². The quantitative estimate of drug-likeness (QED) is 0.887. The van der Waals surface area contributed by atoms with Gasteiger partial charge in [-0.3, -0.25) is 0 Å². The molecule has 0 aromatic heterocycles. The molecule has 3 nitrogen and oxygen atoms in total. The van der Waals surface area contributed by atoms with Crippen molar-refractivity contribution < 1.29 is 4.74 Å². The zero-order valence-corrected chi connectivity index (χ0v) is 11.7. The molecule has 2 aromatic carbocycles. The van der Waals surface area contributed by atoms with Crippen molar-refractivity contribution in [2.75, 3.05) is 31.4 Å². The Balaban J connectivity index is 1.99. The lowest BCUT2D eigenvalue weighted by Gasteiger charge is -2.14. The first-order chi connectivity index (χ1) is 9.19. The van der Waals surface area contributed by atoms with Crippen molar-refractivity contribution in [2.45, 2.75) is 6.54 Å². The largest absolute Gasteiger partial charge is 0.497 e. The fourth-order valence-corrected chi connectivity index (χ4v) is 1.84. The molecular weight excluding hydrogens is 236 g/mol. The molecule has 0 spiro atoms. The van der Waals surface area contributed by atoms with Gasteiger partial charge >= 0.3 is 0 Å². The van der Waals surface area contributed by atoms with E-state index in [2.05, 4.69) is 46.6 Å². The lowest BCUT2D eigenvalue weighted by Crippen LogP contribution is -2.09. The molecule has 0 unspecified atom stereocenters. The van der Waals surface area contributed by atoms with E-state index in [0.717, 1.165) is 18.0 Å². The molecule has 0 aliphatic rings. The van der Waals surface area contributed by atoms with Gasteiger partial charge in [0.15, 0.2) is 0 Å². The summed E-state index contributed by atoms with van der Waals surface area (Å²) in [4.78, 5) is 2.10. The van der Waals surface area contributed by atoms with Gasteiger partial charge in [0.25, 0.3) is 0 Å². The van der Waals surface area contributed by atoms with Crippen molar-refractivity contribution in [3.05, 3.63) is 54.1 Å². The van der Waals surface area contributed by atoms with Gasteiger partial charge in [0.05, 0.1) is 7.11 Å². The van der Waals surface area contributed by atoms with Crippen LogP contribution in [0.5, 0.6) is 5.75 Å². The van der Waals surface area contributed by atoms with Crippen molar-refractivity contribution in [3.63, 3.8) is 0 Å². The van der Waals surface area contributed by atoms with Gasteiger partial charge in [-0.05, 0) is 35.9 Å². The first-order valence-electron chi connectivity index (χ1n) is 6.33. The molecule has 2 rings (SSSR count). The number of benzene rings is 2. The molecule has 0 aliphatic carbocycles. The molecule has 0 aliphatic heterocycles. The molecular formula is C16H20N2O. The van der Waals surface area contributed by atoms with Crippen molar-refractivity contribution in [1.82, 2.24) is 0 Å². The van der Waals surface area contributed by atoms with Crippen LogP contribution in [0, 0.1) is 0 Å². The van der Waals surface area contributed by atoms with Gasteiger partial charge in [-0.15, -0.1) is 0 Å². The lowest BCUT2D eigenvalue weighted by molar-refractivity contribution is 0.414. The van der Waals surface area contributed by atoms with Gasteiger partial charge < -0.3 is 15.0 Å². The van der Waals surface area contributed by atoms with E-state index in [0.29, 0.717) is 0 Å². The maximum Gasteiger partial charge on any atom is 0.118 e. The Hall–Kier alpha value is -2.16. The lowest BCUT2D eigenvalue weighted by atomic mass is 10.2. The SMILES string of the molecule is COc1ccc(CNc2cccc(N(C)C)c2)cc1. The van der Waals surface area contributed by atoms with E-state index in [1.165, 1.54) is 11.3 Å². The Kier molecular flexibility index (Phi) is 4.29. The standard InChI is InChI=1S/C16H20N2O/c1-18(2)15-6-4-5-14(11-15)17-12-13-7-9-16(19-3)10-8-13/h4-11,17H,12H2,1-3H3. The molecule has 0 bridgehead atoms. The van der Waals surface area contributed by atoms with Crippen LogP contribution in [-0.2, 0) is 6.54 Å². The maximum absolute atomic E-state index is 5.15. The van der Waals surface area contributed by atoms with Crippen LogP contribution in [0.4, 0.5) is 11.4 Å². The van der Waals surface area contributed by atoms with E-state index in [9.17, 15) is 0 Å². The molecule has 0 saturated heterocycles. The molecule has 0 saturated carbocycles. The molecule has 100 valence electrons. The van der Waals surface area contributed by atoms with Gasteiger partial charge in [0.2, 0.25) is 0 Å². The minimum absolute atomic E-state index is 0.806. The zero-order valence-electron chi connectivity index (χ0n) is 11.7. The molecule has 0 radical (unpaired) electrons. The number of methoxy groups -OCH3 is 1. The fraction of sp³-hybridized carbons (Fsp3) is 0.250. The monoisotopic (exact) mass is 256 g/mol. The van der Waals surface area contributed by atoms with Crippen molar-refractivity contribution >= 4 is 11.4 Å². The second kappa shape index (κ2) is 6.14. The van der Waals surface area contributed by atoms with Crippen LogP contribution >= 0.6 is 0 Å². The molecule has 3 heteroatoms. The van der Waals surface area contributed by atoms with Gasteiger partial charge in [-0.25, -0.2) is 0 Å². The number of nitrogens with zero attached hydrogens (tertiary/aromatic N) is 1. The number of nitrogens with one attached hydrogen (secondary N) is 1. The summed E-state index contributed by atoms with van der Waals surface area (Å²) >= 11 is 0. The summed E-state index contributed by atoms with van der Waals surface area (Å²) in [6.45, 7) is 0.806. The van der Waals surface area contributed by atoms with Crippen molar-refractivity contribution in [3.8, 4) is 5.75 Å². The van der Waals surface area contributed by atoms with Crippen LogP contribution in [-0.4, -0.2) is 21.2 Å². The number of hydrogen-bond donors (Lipinski definition) is 1. The first-order valence-corrected chi connectivity index (χ1v) is 6.33. The predicted octanol–water partition coefficient (Wildman–Crippen LogP) is 3.37. The Morgan fingerprint density at radius 3 is 2.42 bits per heavy atom. The highest BCUT2D eigenvalue weighted by atomic mass is 16.5. The summed E-state index contributed by atoms with van der Waals surface area (Å²) in [5.41, 5.74) is 3.55.